The number of hydrogen-bond donors (Lipinski definition) is 1. The molecule has 5 nitrogen and oxygen atoms in total. The van der Waals surface area contributed by atoms with Crippen LogP contribution in [0, 0.1) is 6.92 Å². The van der Waals surface area contributed by atoms with E-state index in [-0.39, 0.29) is 17.3 Å². The fourth-order valence-electron chi connectivity index (χ4n) is 2.54. The number of halogens is 4. The molecular weight excluding hydrogens is 369 g/mol. The van der Waals surface area contributed by atoms with Gasteiger partial charge in [-0.15, -0.1) is 0 Å². The number of nitrogens with one attached hydrogen (secondary N) is 1. The third kappa shape index (κ3) is 4.98. The molecule has 0 atom stereocenters. The Labute approximate surface area is 154 Å². The summed E-state index contributed by atoms with van der Waals surface area (Å²) in [4.78, 5) is 13.9. The van der Waals surface area contributed by atoms with Gasteiger partial charge in [-0.25, -0.2) is 0 Å². The van der Waals surface area contributed by atoms with Crippen molar-refractivity contribution in [3.8, 4) is 0 Å². The highest BCUT2D eigenvalue weighted by Crippen LogP contribution is 2.33. The maximum atomic E-state index is 12.8. The van der Waals surface area contributed by atoms with Crippen LogP contribution in [0.3, 0.4) is 0 Å². The Bertz CT molecular complexity index is 789. The van der Waals surface area contributed by atoms with Crippen LogP contribution in [0.1, 0.15) is 23.7 Å². The van der Waals surface area contributed by atoms with Crippen molar-refractivity contribution in [3.05, 3.63) is 46.2 Å². The lowest BCUT2D eigenvalue weighted by Crippen LogP contribution is -2.30. The van der Waals surface area contributed by atoms with E-state index < -0.39 is 17.6 Å². The van der Waals surface area contributed by atoms with Crippen molar-refractivity contribution in [2.75, 3.05) is 18.9 Å². The second-order valence-electron chi connectivity index (χ2n) is 5.98. The first-order valence-electron chi connectivity index (χ1n) is 7.98. The quantitative estimate of drug-likeness (QED) is 0.815. The Morgan fingerprint density at radius 1 is 1.38 bits per heavy atom. The second kappa shape index (κ2) is 8.09. The Hall–Kier alpha value is -2.06. The largest absolute Gasteiger partial charge is 0.416 e. The predicted molar refractivity (Wildman–Crippen MR) is 94.1 cm³/mol. The van der Waals surface area contributed by atoms with E-state index in [9.17, 15) is 18.0 Å². The number of hydrogen-bond acceptors (Lipinski definition) is 3. The Morgan fingerprint density at radius 3 is 2.65 bits per heavy atom. The summed E-state index contributed by atoms with van der Waals surface area (Å²) >= 11 is 5.89. The summed E-state index contributed by atoms with van der Waals surface area (Å²) in [6.45, 7) is 5.19. The van der Waals surface area contributed by atoms with Crippen LogP contribution in [0.2, 0.25) is 5.02 Å². The summed E-state index contributed by atoms with van der Waals surface area (Å²) in [5.74, 6) is -0.450. The van der Waals surface area contributed by atoms with Gasteiger partial charge < -0.3 is 5.32 Å². The van der Waals surface area contributed by atoms with E-state index in [0.717, 1.165) is 36.0 Å². The highest BCUT2D eigenvalue weighted by atomic mass is 35.5. The van der Waals surface area contributed by atoms with Gasteiger partial charge >= 0.3 is 6.18 Å². The van der Waals surface area contributed by atoms with Gasteiger partial charge in [0.15, 0.2) is 0 Å². The monoisotopic (exact) mass is 388 g/mol. The zero-order valence-corrected chi connectivity index (χ0v) is 15.4. The summed E-state index contributed by atoms with van der Waals surface area (Å²) in [6, 6.07) is 2.82. The molecule has 1 aromatic heterocycles. The lowest BCUT2D eigenvalue weighted by atomic mass is 10.2. The number of likely N-dealkylation sites (N-methyl/N-ethyl adjacent to an activating group) is 1. The lowest BCUT2D eigenvalue weighted by molar-refractivity contribution is -0.137. The number of nitrogens with zero attached hydrogens (tertiary/aromatic N) is 3. The van der Waals surface area contributed by atoms with Gasteiger partial charge in [0.1, 0.15) is 0 Å². The van der Waals surface area contributed by atoms with Gasteiger partial charge in [-0.05, 0) is 39.1 Å². The zero-order chi connectivity index (χ0) is 19.5. The molecule has 0 saturated carbocycles. The number of rotatable bonds is 6. The first-order chi connectivity index (χ1) is 12.1. The summed E-state index contributed by atoms with van der Waals surface area (Å²) < 4.78 is 40.2. The van der Waals surface area contributed by atoms with Crippen LogP contribution in [0.15, 0.2) is 24.4 Å². The average Bonchev–Trinajstić information content (AvgIpc) is 2.88. The molecule has 0 radical (unpaired) electrons. The third-order valence-electron chi connectivity index (χ3n) is 3.93. The van der Waals surface area contributed by atoms with Gasteiger partial charge in [-0.2, -0.15) is 18.3 Å². The van der Waals surface area contributed by atoms with Crippen molar-refractivity contribution in [2.24, 2.45) is 0 Å². The number of amides is 1. The molecule has 0 aliphatic heterocycles. The van der Waals surface area contributed by atoms with Crippen LogP contribution in [-0.2, 0) is 24.1 Å². The van der Waals surface area contributed by atoms with E-state index >= 15 is 0 Å². The summed E-state index contributed by atoms with van der Waals surface area (Å²) in [5.41, 5.74) is 1.07. The van der Waals surface area contributed by atoms with Crippen LogP contribution >= 0.6 is 11.6 Å². The third-order valence-corrected chi connectivity index (χ3v) is 4.26. The number of alkyl halides is 3. The fraction of sp³-hybridized carbons (Fsp3) is 0.412. The van der Waals surface area contributed by atoms with Crippen molar-refractivity contribution in [2.45, 2.75) is 33.1 Å². The van der Waals surface area contributed by atoms with Crippen LogP contribution in [0.25, 0.3) is 0 Å². The Kier molecular flexibility index (Phi) is 6.30. The van der Waals surface area contributed by atoms with Crippen molar-refractivity contribution in [1.29, 1.82) is 0 Å². The molecule has 0 saturated heterocycles. The Balaban J connectivity index is 2.01. The van der Waals surface area contributed by atoms with Crippen LogP contribution < -0.4 is 5.32 Å². The lowest BCUT2D eigenvalue weighted by Gasteiger charge is -2.17. The molecule has 1 amide bonds. The molecule has 2 rings (SSSR count). The first-order valence-corrected chi connectivity index (χ1v) is 8.36. The summed E-state index contributed by atoms with van der Waals surface area (Å²) in [6.07, 6.45) is -2.76. The van der Waals surface area contributed by atoms with Crippen molar-refractivity contribution < 1.29 is 18.0 Å². The molecule has 9 heteroatoms. The van der Waals surface area contributed by atoms with Gasteiger partial charge in [0, 0.05) is 24.3 Å². The maximum Gasteiger partial charge on any atom is 0.416 e. The number of carbonyl (C=O) groups is 1. The number of aryl methyl sites for hydroxylation is 1. The van der Waals surface area contributed by atoms with E-state index in [4.69, 9.17) is 11.6 Å². The Morgan fingerprint density at radius 2 is 2.08 bits per heavy atom. The molecule has 1 N–H and O–H groups in total. The van der Waals surface area contributed by atoms with Crippen molar-refractivity contribution in [3.63, 3.8) is 0 Å². The number of anilines is 1. The van der Waals surface area contributed by atoms with Crippen LogP contribution in [0.5, 0.6) is 0 Å². The summed E-state index contributed by atoms with van der Waals surface area (Å²) in [5, 5.41) is 6.73. The molecule has 1 heterocycles. The van der Waals surface area contributed by atoms with Crippen LogP contribution in [-0.4, -0.2) is 34.2 Å². The minimum absolute atomic E-state index is 0.00329. The zero-order valence-electron chi connectivity index (χ0n) is 14.7. The van der Waals surface area contributed by atoms with E-state index in [2.05, 4.69) is 10.4 Å². The number of benzene rings is 1. The molecule has 1 aromatic carbocycles. The van der Waals surface area contributed by atoms with Crippen molar-refractivity contribution >= 4 is 23.2 Å². The maximum absolute atomic E-state index is 12.8. The highest BCUT2D eigenvalue weighted by Gasteiger charge is 2.31. The molecule has 142 valence electrons. The molecule has 0 aliphatic rings. The molecule has 0 spiro atoms. The minimum Gasteiger partial charge on any atom is -0.324 e. The molecule has 2 aromatic rings. The smallest absolute Gasteiger partial charge is 0.324 e. The highest BCUT2D eigenvalue weighted by molar-refractivity contribution is 6.33. The SMILES string of the molecule is CCn1ncc(CN(C)CC(=O)Nc2cc(C(F)(F)F)ccc2Cl)c1C. The molecular formula is C17H20ClF3N4O. The summed E-state index contributed by atoms with van der Waals surface area (Å²) in [7, 11) is 1.75. The van der Waals surface area contributed by atoms with Gasteiger partial charge in [0.05, 0.1) is 29.0 Å². The average molecular weight is 389 g/mol. The molecule has 0 bridgehead atoms. The van der Waals surface area contributed by atoms with Crippen LogP contribution in [0.4, 0.5) is 18.9 Å². The van der Waals surface area contributed by atoms with E-state index in [0.29, 0.717) is 6.54 Å². The minimum atomic E-state index is -4.50. The topological polar surface area (TPSA) is 50.2 Å². The van der Waals surface area contributed by atoms with Gasteiger partial charge in [-0.3, -0.25) is 14.4 Å². The normalized spacial score (nSPS) is 11.8. The van der Waals surface area contributed by atoms with Gasteiger partial charge in [-0.1, -0.05) is 11.6 Å². The van der Waals surface area contributed by atoms with E-state index in [1.807, 2.05) is 18.5 Å². The number of aromatic nitrogens is 2. The van der Waals surface area contributed by atoms with Gasteiger partial charge in [0.2, 0.25) is 5.91 Å². The first kappa shape index (κ1) is 20.3. The molecule has 0 aliphatic carbocycles. The van der Waals surface area contributed by atoms with Crippen molar-refractivity contribution in [1.82, 2.24) is 14.7 Å². The second-order valence-corrected chi connectivity index (χ2v) is 6.39. The molecule has 0 unspecified atom stereocenters. The molecule has 26 heavy (non-hydrogen) atoms. The standard InChI is InChI=1S/C17H20ClF3N4O/c1-4-25-11(2)12(8-22-25)9-24(3)10-16(26)23-15-7-13(17(19,20)21)5-6-14(15)18/h5-8H,4,9-10H2,1-3H3,(H,23,26). The fourth-order valence-corrected chi connectivity index (χ4v) is 2.70. The van der Waals surface area contributed by atoms with E-state index in [1.165, 1.54) is 0 Å². The van der Waals surface area contributed by atoms with Gasteiger partial charge in [0.25, 0.3) is 0 Å². The predicted octanol–water partition coefficient (Wildman–Crippen LogP) is 3.95. The molecule has 0 fully saturated rings. The van der Waals surface area contributed by atoms with E-state index in [1.54, 1.807) is 18.1 Å². The number of carbonyl (C=O) groups excluding carboxylic acids is 1.